The summed E-state index contributed by atoms with van der Waals surface area (Å²) in [5.74, 6) is -0.195. The van der Waals surface area contributed by atoms with E-state index >= 15 is 0 Å². The van der Waals surface area contributed by atoms with Crippen LogP contribution in [0.5, 0.6) is 5.75 Å². The highest BCUT2D eigenvalue weighted by Gasteiger charge is 2.40. The van der Waals surface area contributed by atoms with Crippen molar-refractivity contribution in [1.29, 1.82) is 0 Å². The number of rotatable bonds is 3. The summed E-state index contributed by atoms with van der Waals surface area (Å²) in [6.45, 7) is 4.39. The van der Waals surface area contributed by atoms with Gasteiger partial charge in [-0.05, 0) is 48.8 Å². The van der Waals surface area contributed by atoms with Crippen LogP contribution in [0.4, 0.5) is 13.2 Å². The second-order valence-electron chi connectivity index (χ2n) is 6.57. The van der Waals surface area contributed by atoms with Crippen LogP contribution in [0, 0.1) is 5.41 Å². The Bertz CT molecular complexity index is 467. The van der Waals surface area contributed by atoms with Crippen molar-refractivity contribution < 1.29 is 17.9 Å². The van der Waals surface area contributed by atoms with Gasteiger partial charge >= 0.3 is 6.36 Å². The van der Waals surface area contributed by atoms with Gasteiger partial charge in [0.15, 0.2) is 0 Å². The van der Waals surface area contributed by atoms with E-state index in [9.17, 15) is 13.2 Å². The molecule has 1 saturated carbocycles. The Balaban J connectivity index is 2.01. The standard InChI is InChI=1S/C15H20F3NO/c1-13(2)7-8-14(19,10-13)9-11-3-5-12(6-4-11)20-15(16,17)18/h3-6H,7-10,19H2,1-2H3. The van der Waals surface area contributed by atoms with Crippen LogP contribution < -0.4 is 10.5 Å². The lowest BCUT2D eigenvalue weighted by molar-refractivity contribution is -0.274. The van der Waals surface area contributed by atoms with E-state index in [1.165, 1.54) is 12.1 Å². The van der Waals surface area contributed by atoms with Crippen molar-refractivity contribution in [2.75, 3.05) is 0 Å². The van der Waals surface area contributed by atoms with Crippen LogP contribution >= 0.6 is 0 Å². The lowest BCUT2D eigenvalue weighted by Crippen LogP contribution is -2.40. The van der Waals surface area contributed by atoms with Crippen LogP contribution in [0.25, 0.3) is 0 Å². The second kappa shape index (κ2) is 4.95. The summed E-state index contributed by atoms with van der Waals surface area (Å²) < 4.78 is 40.1. The predicted octanol–water partition coefficient (Wildman–Crippen LogP) is 4.04. The number of alkyl halides is 3. The van der Waals surface area contributed by atoms with E-state index in [-0.39, 0.29) is 16.7 Å². The largest absolute Gasteiger partial charge is 0.573 e. The fourth-order valence-corrected chi connectivity index (χ4v) is 3.08. The molecule has 2 nitrogen and oxygen atoms in total. The first-order valence-electron chi connectivity index (χ1n) is 6.71. The minimum absolute atomic E-state index is 0.195. The average Bonchev–Trinajstić information content (AvgIpc) is 2.54. The van der Waals surface area contributed by atoms with Crippen molar-refractivity contribution in [2.24, 2.45) is 11.1 Å². The molecular formula is C15H20F3NO. The molecule has 20 heavy (non-hydrogen) atoms. The third kappa shape index (κ3) is 4.13. The highest BCUT2D eigenvalue weighted by molar-refractivity contribution is 5.29. The van der Waals surface area contributed by atoms with Crippen LogP contribution in [0.2, 0.25) is 0 Å². The van der Waals surface area contributed by atoms with Gasteiger partial charge in [-0.1, -0.05) is 26.0 Å². The maximum atomic E-state index is 12.1. The monoisotopic (exact) mass is 287 g/mol. The van der Waals surface area contributed by atoms with Gasteiger partial charge in [-0.2, -0.15) is 0 Å². The summed E-state index contributed by atoms with van der Waals surface area (Å²) in [7, 11) is 0. The van der Waals surface area contributed by atoms with E-state index in [2.05, 4.69) is 18.6 Å². The highest BCUT2D eigenvalue weighted by atomic mass is 19.4. The quantitative estimate of drug-likeness (QED) is 0.910. The topological polar surface area (TPSA) is 35.2 Å². The Morgan fingerprint density at radius 1 is 1.15 bits per heavy atom. The van der Waals surface area contributed by atoms with Crippen molar-refractivity contribution in [3.05, 3.63) is 29.8 Å². The number of nitrogens with two attached hydrogens (primary N) is 1. The predicted molar refractivity (Wildman–Crippen MR) is 71.4 cm³/mol. The average molecular weight is 287 g/mol. The van der Waals surface area contributed by atoms with Crippen molar-refractivity contribution >= 4 is 0 Å². The Morgan fingerprint density at radius 2 is 1.75 bits per heavy atom. The number of benzene rings is 1. The van der Waals surface area contributed by atoms with Gasteiger partial charge in [0.25, 0.3) is 0 Å². The Hall–Kier alpha value is -1.23. The molecule has 0 bridgehead atoms. The number of halogens is 3. The zero-order valence-corrected chi connectivity index (χ0v) is 11.8. The molecule has 1 aromatic carbocycles. The van der Waals surface area contributed by atoms with E-state index in [0.29, 0.717) is 6.42 Å². The molecule has 0 aromatic heterocycles. The number of hydrogen-bond donors (Lipinski definition) is 1. The second-order valence-corrected chi connectivity index (χ2v) is 6.57. The molecule has 0 amide bonds. The fourth-order valence-electron chi connectivity index (χ4n) is 3.08. The summed E-state index contributed by atoms with van der Waals surface area (Å²) >= 11 is 0. The summed E-state index contributed by atoms with van der Waals surface area (Å²) in [6, 6.07) is 5.99. The van der Waals surface area contributed by atoms with Crippen molar-refractivity contribution in [1.82, 2.24) is 0 Å². The lowest BCUT2D eigenvalue weighted by Gasteiger charge is -2.26. The van der Waals surface area contributed by atoms with Gasteiger partial charge in [-0.3, -0.25) is 0 Å². The SMILES string of the molecule is CC1(C)CCC(N)(Cc2ccc(OC(F)(F)F)cc2)C1. The molecule has 0 spiro atoms. The Labute approximate surface area is 117 Å². The van der Waals surface area contributed by atoms with E-state index in [0.717, 1.165) is 24.8 Å². The van der Waals surface area contributed by atoms with Gasteiger partial charge in [-0.25, -0.2) is 0 Å². The van der Waals surface area contributed by atoms with Gasteiger partial charge < -0.3 is 10.5 Å². The van der Waals surface area contributed by atoms with E-state index in [1.807, 2.05) is 0 Å². The zero-order valence-electron chi connectivity index (χ0n) is 11.8. The summed E-state index contributed by atoms with van der Waals surface area (Å²) in [4.78, 5) is 0. The fraction of sp³-hybridized carbons (Fsp3) is 0.600. The first-order chi connectivity index (χ1) is 9.07. The van der Waals surface area contributed by atoms with Crippen LogP contribution in [-0.2, 0) is 6.42 Å². The van der Waals surface area contributed by atoms with E-state index in [1.54, 1.807) is 12.1 Å². The van der Waals surface area contributed by atoms with Crippen LogP contribution in [0.1, 0.15) is 38.7 Å². The molecule has 1 atom stereocenters. The first-order valence-corrected chi connectivity index (χ1v) is 6.71. The Kier molecular flexibility index (Phi) is 3.75. The normalized spacial score (nSPS) is 25.7. The molecule has 0 aliphatic heterocycles. The Morgan fingerprint density at radius 3 is 2.20 bits per heavy atom. The van der Waals surface area contributed by atoms with Gasteiger partial charge in [0.05, 0.1) is 0 Å². The van der Waals surface area contributed by atoms with Crippen molar-refractivity contribution in [2.45, 2.75) is 51.4 Å². The van der Waals surface area contributed by atoms with Crippen molar-refractivity contribution in [3.8, 4) is 5.75 Å². The molecule has 2 rings (SSSR count). The molecule has 2 N–H and O–H groups in total. The minimum Gasteiger partial charge on any atom is -0.406 e. The smallest absolute Gasteiger partial charge is 0.406 e. The molecule has 0 radical (unpaired) electrons. The number of hydrogen-bond acceptors (Lipinski definition) is 2. The highest BCUT2D eigenvalue weighted by Crippen LogP contribution is 2.43. The molecule has 1 aromatic rings. The summed E-state index contributed by atoms with van der Waals surface area (Å²) in [5, 5.41) is 0. The zero-order chi connectivity index (χ0) is 15.0. The third-order valence-corrected chi connectivity index (χ3v) is 3.84. The lowest BCUT2D eigenvalue weighted by atomic mass is 9.85. The van der Waals surface area contributed by atoms with Gasteiger partial charge in [0, 0.05) is 5.54 Å². The molecule has 1 aliphatic rings. The van der Waals surface area contributed by atoms with E-state index < -0.39 is 6.36 Å². The summed E-state index contributed by atoms with van der Waals surface area (Å²) in [5.41, 5.74) is 7.33. The summed E-state index contributed by atoms with van der Waals surface area (Å²) in [6.07, 6.45) is -1.00. The van der Waals surface area contributed by atoms with Gasteiger partial charge in [0.2, 0.25) is 0 Å². The van der Waals surface area contributed by atoms with Gasteiger partial charge in [-0.15, -0.1) is 13.2 Å². The molecule has 0 heterocycles. The van der Waals surface area contributed by atoms with Crippen LogP contribution in [0.3, 0.4) is 0 Å². The molecule has 1 aliphatic carbocycles. The molecule has 1 unspecified atom stereocenters. The van der Waals surface area contributed by atoms with Crippen LogP contribution in [-0.4, -0.2) is 11.9 Å². The molecular weight excluding hydrogens is 267 g/mol. The molecule has 1 fully saturated rings. The molecule has 112 valence electrons. The third-order valence-electron chi connectivity index (χ3n) is 3.84. The first kappa shape index (κ1) is 15.2. The minimum atomic E-state index is -4.65. The maximum Gasteiger partial charge on any atom is 0.573 e. The van der Waals surface area contributed by atoms with Crippen LogP contribution in [0.15, 0.2) is 24.3 Å². The maximum absolute atomic E-state index is 12.1. The van der Waals surface area contributed by atoms with Gasteiger partial charge in [0.1, 0.15) is 5.75 Å². The van der Waals surface area contributed by atoms with E-state index in [4.69, 9.17) is 5.73 Å². The number of ether oxygens (including phenoxy) is 1. The molecule has 5 heteroatoms. The molecule has 0 saturated heterocycles. The van der Waals surface area contributed by atoms with Crippen molar-refractivity contribution in [3.63, 3.8) is 0 Å².